The molecule has 1 N–H and O–H groups in total. The number of nitrogens with zero attached hydrogens (tertiary/aromatic N) is 1. The summed E-state index contributed by atoms with van der Waals surface area (Å²) >= 11 is 0. The molecule has 1 heterocycles. The van der Waals surface area contributed by atoms with Crippen LogP contribution < -0.4 is 20.2 Å². The van der Waals surface area contributed by atoms with Crippen LogP contribution in [0.1, 0.15) is 0 Å². The van der Waals surface area contributed by atoms with Crippen molar-refractivity contribution in [2.75, 3.05) is 19.4 Å². The van der Waals surface area contributed by atoms with E-state index in [9.17, 15) is 8.42 Å². The Morgan fingerprint density at radius 1 is 1.18 bits per heavy atom. The van der Waals surface area contributed by atoms with Crippen molar-refractivity contribution in [2.45, 2.75) is 0 Å². The number of hydrazine groups is 1. The molecule has 0 atom stereocenters. The summed E-state index contributed by atoms with van der Waals surface area (Å²) in [6.45, 7) is 0. The Hall–Kier alpha value is -1.55. The zero-order valence-corrected chi connectivity index (χ0v) is 9.85. The summed E-state index contributed by atoms with van der Waals surface area (Å²) in [5.41, 5.74) is 2.43. The second-order valence-corrected chi connectivity index (χ2v) is 4.15. The number of hydrogen-bond donors (Lipinski definition) is 1. The van der Waals surface area contributed by atoms with Gasteiger partial charge in [-0.05, 0) is 0 Å². The van der Waals surface area contributed by atoms with Gasteiger partial charge >= 0.3 is 10.4 Å². The third-order valence-electron chi connectivity index (χ3n) is 1.96. The lowest BCUT2D eigenvalue weighted by molar-refractivity contribution is 0.198. The van der Waals surface area contributed by atoms with Crippen molar-refractivity contribution >= 4 is 16.1 Å². The van der Waals surface area contributed by atoms with Crippen LogP contribution in [0.25, 0.3) is 0 Å². The number of benzene rings is 1. The maximum atomic E-state index is 10.9. The minimum Gasteiger partial charge on any atom is -0.497 e. The third kappa shape index (κ3) is 2.58. The van der Waals surface area contributed by atoms with E-state index in [2.05, 4.69) is 14.2 Å². The largest absolute Gasteiger partial charge is 0.497 e. The Bertz CT molecular complexity index is 494. The molecule has 0 bridgehead atoms. The Kier molecular flexibility index (Phi) is 3.07. The molecular formula is C8H10N2O6S. The first-order chi connectivity index (χ1) is 8.04. The van der Waals surface area contributed by atoms with Gasteiger partial charge in [0.2, 0.25) is 0 Å². The van der Waals surface area contributed by atoms with Crippen molar-refractivity contribution in [3.8, 4) is 11.5 Å². The van der Waals surface area contributed by atoms with E-state index in [1.54, 1.807) is 18.2 Å². The highest BCUT2D eigenvalue weighted by atomic mass is 32.3. The van der Waals surface area contributed by atoms with Crippen molar-refractivity contribution in [1.82, 2.24) is 5.59 Å². The van der Waals surface area contributed by atoms with Crippen molar-refractivity contribution in [3.63, 3.8) is 0 Å². The molecule has 8 nitrogen and oxygen atoms in total. The highest BCUT2D eigenvalue weighted by Gasteiger charge is 2.29. The summed E-state index contributed by atoms with van der Waals surface area (Å²) in [5.74, 6) is 0.961. The number of rotatable bonds is 3. The molecule has 1 saturated heterocycles. The number of anilines is 1. The molecule has 9 heteroatoms. The first-order valence-electron chi connectivity index (χ1n) is 4.46. The van der Waals surface area contributed by atoms with Crippen LogP contribution in [0.4, 0.5) is 5.69 Å². The zero-order chi connectivity index (χ0) is 12.5. The van der Waals surface area contributed by atoms with Crippen molar-refractivity contribution < 1.29 is 26.5 Å². The maximum absolute atomic E-state index is 10.9. The molecule has 0 saturated carbocycles. The molecule has 0 amide bonds. The minimum absolute atomic E-state index is 0.349. The van der Waals surface area contributed by atoms with Gasteiger partial charge in [0.05, 0.1) is 19.9 Å². The summed E-state index contributed by atoms with van der Waals surface area (Å²) in [7, 11) is -1.10. The number of ether oxygens (including phenoxy) is 2. The molecule has 0 spiro atoms. The minimum atomic E-state index is -4.05. The van der Waals surface area contributed by atoms with Crippen LogP contribution >= 0.6 is 0 Å². The fourth-order valence-corrected chi connectivity index (χ4v) is 1.70. The average Bonchev–Trinajstić information content (AvgIpc) is 2.69. The van der Waals surface area contributed by atoms with E-state index in [1.807, 2.05) is 0 Å². The monoisotopic (exact) mass is 262 g/mol. The Balaban J connectivity index is 2.32. The van der Waals surface area contributed by atoms with Gasteiger partial charge in [-0.3, -0.25) is 0 Å². The fourth-order valence-electron chi connectivity index (χ4n) is 1.21. The summed E-state index contributed by atoms with van der Waals surface area (Å²) in [6, 6.07) is 4.72. The average molecular weight is 262 g/mol. The van der Waals surface area contributed by atoms with Gasteiger partial charge in [-0.15, -0.1) is 13.7 Å². The molecule has 0 radical (unpaired) electrons. The SMILES string of the molecule is COc1cc(OC)cc(N2NOS(=O)(=O)O2)c1. The number of nitrogens with one attached hydrogen (secondary N) is 1. The molecule has 1 fully saturated rings. The second kappa shape index (κ2) is 4.37. The van der Waals surface area contributed by atoms with Gasteiger partial charge in [0.15, 0.2) is 0 Å². The molecule has 2 rings (SSSR count). The third-order valence-corrected chi connectivity index (χ3v) is 2.57. The Morgan fingerprint density at radius 2 is 1.76 bits per heavy atom. The molecule has 0 unspecified atom stereocenters. The topological polar surface area (TPSA) is 86.3 Å². The quantitative estimate of drug-likeness (QED) is 0.823. The van der Waals surface area contributed by atoms with Crippen LogP contribution in [-0.4, -0.2) is 22.6 Å². The highest BCUT2D eigenvalue weighted by Crippen LogP contribution is 2.29. The lowest BCUT2D eigenvalue weighted by Crippen LogP contribution is -2.28. The normalized spacial score (nSPS) is 18.1. The van der Waals surface area contributed by atoms with Gasteiger partial charge in [0.1, 0.15) is 11.5 Å². The van der Waals surface area contributed by atoms with Crippen LogP contribution in [0.15, 0.2) is 18.2 Å². The van der Waals surface area contributed by atoms with Crippen molar-refractivity contribution in [3.05, 3.63) is 18.2 Å². The van der Waals surface area contributed by atoms with Gasteiger partial charge in [-0.25, -0.2) is 0 Å². The lowest BCUT2D eigenvalue weighted by Gasteiger charge is -2.13. The molecular weight excluding hydrogens is 252 g/mol. The van der Waals surface area contributed by atoms with E-state index >= 15 is 0 Å². The van der Waals surface area contributed by atoms with Crippen LogP contribution in [-0.2, 0) is 19.0 Å². The fraction of sp³-hybridized carbons (Fsp3) is 0.250. The Labute approximate surface area is 97.8 Å². The summed E-state index contributed by atoms with van der Waals surface area (Å²) in [4.78, 5) is 0. The van der Waals surface area contributed by atoms with Gasteiger partial charge in [-0.2, -0.15) is 8.42 Å². The molecule has 17 heavy (non-hydrogen) atoms. The summed E-state index contributed by atoms with van der Waals surface area (Å²) in [5, 5.41) is 0.834. The van der Waals surface area contributed by atoms with E-state index in [4.69, 9.17) is 9.47 Å². The first-order valence-corrected chi connectivity index (χ1v) is 5.79. The standard InChI is InChI=1S/C8H10N2O6S/c1-13-7-3-6(4-8(5-7)14-2)10-9-15-17(11,12)16-10/h3-5,9H,1-2H3. The second-order valence-electron chi connectivity index (χ2n) is 3.02. The van der Waals surface area contributed by atoms with E-state index in [1.165, 1.54) is 14.2 Å². The van der Waals surface area contributed by atoms with E-state index in [0.29, 0.717) is 17.2 Å². The van der Waals surface area contributed by atoms with Crippen LogP contribution in [0, 0.1) is 0 Å². The van der Waals surface area contributed by atoms with Gasteiger partial charge in [0.25, 0.3) is 0 Å². The van der Waals surface area contributed by atoms with Crippen LogP contribution in [0.3, 0.4) is 0 Å². The molecule has 0 aromatic heterocycles. The van der Waals surface area contributed by atoms with E-state index in [0.717, 1.165) is 5.17 Å². The molecule has 1 aromatic carbocycles. The maximum Gasteiger partial charge on any atom is 0.440 e. The van der Waals surface area contributed by atoms with Gasteiger partial charge in [-0.1, -0.05) is 5.59 Å². The van der Waals surface area contributed by atoms with Crippen LogP contribution in [0.5, 0.6) is 11.5 Å². The van der Waals surface area contributed by atoms with Gasteiger partial charge in [0, 0.05) is 18.2 Å². The predicted molar refractivity (Wildman–Crippen MR) is 56.3 cm³/mol. The van der Waals surface area contributed by atoms with Crippen LogP contribution in [0.2, 0.25) is 0 Å². The lowest BCUT2D eigenvalue weighted by atomic mass is 10.3. The Morgan fingerprint density at radius 3 is 2.18 bits per heavy atom. The zero-order valence-electron chi connectivity index (χ0n) is 9.04. The number of methoxy groups -OCH3 is 2. The highest BCUT2D eigenvalue weighted by molar-refractivity contribution is 7.82. The molecule has 1 aliphatic heterocycles. The summed E-state index contributed by atoms with van der Waals surface area (Å²) in [6.07, 6.45) is 0. The number of hydrogen-bond acceptors (Lipinski definition) is 8. The summed E-state index contributed by atoms with van der Waals surface area (Å²) < 4.78 is 40.6. The molecule has 1 aromatic rings. The predicted octanol–water partition coefficient (Wildman–Crippen LogP) is 0.136. The van der Waals surface area contributed by atoms with Gasteiger partial charge < -0.3 is 9.47 Å². The first kappa shape index (κ1) is 11.9. The molecule has 1 aliphatic rings. The molecule has 94 valence electrons. The van der Waals surface area contributed by atoms with E-state index < -0.39 is 10.4 Å². The van der Waals surface area contributed by atoms with Crippen molar-refractivity contribution in [1.29, 1.82) is 0 Å². The smallest absolute Gasteiger partial charge is 0.440 e. The van der Waals surface area contributed by atoms with E-state index in [-0.39, 0.29) is 0 Å². The molecule has 0 aliphatic carbocycles. The van der Waals surface area contributed by atoms with Crippen molar-refractivity contribution in [2.24, 2.45) is 0 Å².